The molecule has 0 aliphatic heterocycles. The monoisotopic (exact) mass is 181 g/mol. The van der Waals surface area contributed by atoms with Gasteiger partial charge in [-0.15, -0.1) is 0 Å². The summed E-state index contributed by atoms with van der Waals surface area (Å²) in [5.41, 5.74) is -1.15. The fourth-order valence-corrected chi connectivity index (χ4v) is 2.38. The Morgan fingerprint density at radius 3 is 2.31 bits per heavy atom. The van der Waals surface area contributed by atoms with Gasteiger partial charge in [-0.3, -0.25) is 0 Å². The molecule has 0 aromatic carbocycles. The van der Waals surface area contributed by atoms with Gasteiger partial charge in [0.1, 0.15) is 0 Å². The van der Waals surface area contributed by atoms with Crippen molar-refractivity contribution in [2.24, 2.45) is 5.41 Å². The summed E-state index contributed by atoms with van der Waals surface area (Å²) in [5.74, 6) is 0. The molecule has 1 aliphatic carbocycles. The van der Waals surface area contributed by atoms with Crippen molar-refractivity contribution in [3.63, 3.8) is 0 Å². The lowest BCUT2D eigenvalue weighted by atomic mass is 9.57. The van der Waals surface area contributed by atoms with E-state index in [4.69, 9.17) is 5.26 Å². The maximum Gasteiger partial charge on any atom is 0.0860 e. The number of aliphatic hydroxyl groups is 1. The predicted octanol–water partition coefficient (Wildman–Crippen LogP) is 2.62. The highest BCUT2D eigenvalue weighted by molar-refractivity contribution is 5.15. The smallest absolute Gasteiger partial charge is 0.0860 e. The van der Waals surface area contributed by atoms with E-state index in [1.807, 2.05) is 6.92 Å². The van der Waals surface area contributed by atoms with E-state index in [1.165, 1.54) is 0 Å². The minimum Gasteiger partial charge on any atom is -0.388 e. The van der Waals surface area contributed by atoms with E-state index < -0.39 is 11.0 Å². The maximum atomic E-state index is 10.4. The second-order valence-electron chi connectivity index (χ2n) is 4.18. The standard InChI is InChI=1S/C11H19NO/c1-3-6-11(13,4-2)10(9-12)7-5-8-10/h13H,3-8H2,1-2H3. The van der Waals surface area contributed by atoms with Gasteiger partial charge in [0.15, 0.2) is 0 Å². The van der Waals surface area contributed by atoms with Gasteiger partial charge in [0, 0.05) is 0 Å². The van der Waals surface area contributed by atoms with Crippen LogP contribution in [0.3, 0.4) is 0 Å². The Labute approximate surface area is 80.6 Å². The van der Waals surface area contributed by atoms with Gasteiger partial charge >= 0.3 is 0 Å². The lowest BCUT2D eigenvalue weighted by Gasteiger charge is -2.48. The van der Waals surface area contributed by atoms with Crippen molar-refractivity contribution in [1.82, 2.24) is 0 Å². The summed E-state index contributed by atoms with van der Waals surface area (Å²) >= 11 is 0. The zero-order chi connectivity index (χ0) is 9.95. The minimum absolute atomic E-state index is 0.419. The van der Waals surface area contributed by atoms with Crippen LogP contribution in [-0.2, 0) is 0 Å². The number of nitrogens with zero attached hydrogens (tertiary/aromatic N) is 1. The van der Waals surface area contributed by atoms with Crippen LogP contribution in [0.1, 0.15) is 52.4 Å². The third-order valence-electron chi connectivity index (χ3n) is 3.56. The van der Waals surface area contributed by atoms with E-state index in [9.17, 15) is 5.11 Å². The molecule has 0 spiro atoms. The van der Waals surface area contributed by atoms with Crippen molar-refractivity contribution in [1.29, 1.82) is 5.26 Å². The van der Waals surface area contributed by atoms with E-state index in [0.29, 0.717) is 6.42 Å². The SMILES string of the molecule is CCCC(O)(CC)C1(C#N)CCC1. The number of rotatable bonds is 4. The van der Waals surface area contributed by atoms with Gasteiger partial charge in [-0.25, -0.2) is 0 Å². The zero-order valence-electron chi connectivity index (χ0n) is 8.64. The molecule has 1 atom stereocenters. The first-order valence-electron chi connectivity index (χ1n) is 5.28. The lowest BCUT2D eigenvalue weighted by molar-refractivity contribution is -0.102. The van der Waals surface area contributed by atoms with E-state index in [2.05, 4.69) is 13.0 Å². The molecule has 0 saturated heterocycles. The third-order valence-corrected chi connectivity index (χ3v) is 3.56. The quantitative estimate of drug-likeness (QED) is 0.724. The first-order valence-corrected chi connectivity index (χ1v) is 5.28. The van der Waals surface area contributed by atoms with Crippen LogP contribution in [0, 0.1) is 16.7 Å². The molecule has 0 heterocycles. The molecule has 0 amide bonds. The summed E-state index contributed by atoms with van der Waals surface area (Å²) in [6.45, 7) is 4.04. The van der Waals surface area contributed by atoms with Gasteiger partial charge in [0.2, 0.25) is 0 Å². The van der Waals surface area contributed by atoms with Crippen LogP contribution < -0.4 is 0 Å². The minimum atomic E-state index is -0.727. The van der Waals surface area contributed by atoms with Crippen LogP contribution in [0.25, 0.3) is 0 Å². The number of nitriles is 1. The van der Waals surface area contributed by atoms with Crippen molar-refractivity contribution in [3.8, 4) is 6.07 Å². The van der Waals surface area contributed by atoms with Gasteiger partial charge in [-0.05, 0) is 25.7 Å². The molecule has 2 nitrogen and oxygen atoms in total. The topological polar surface area (TPSA) is 44.0 Å². The Kier molecular flexibility index (Phi) is 2.98. The molecule has 0 aromatic heterocycles. The summed E-state index contributed by atoms with van der Waals surface area (Å²) in [4.78, 5) is 0. The first-order chi connectivity index (χ1) is 6.14. The molecule has 1 aliphatic rings. The molecule has 0 bridgehead atoms. The summed E-state index contributed by atoms with van der Waals surface area (Å²) in [6, 6.07) is 2.34. The molecular weight excluding hydrogens is 162 g/mol. The van der Waals surface area contributed by atoms with Gasteiger partial charge in [0.05, 0.1) is 17.1 Å². The molecule has 0 aromatic rings. The summed E-state index contributed by atoms with van der Waals surface area (Å²) in [7, 11) is 0. The largest absolute Gasteiger partial charge is 0.388 e. The van der Waals surface area contributed by atoms with E-state index in [-0.39, 0.29) is 0 Å². The van der Waals surface area contributed by atoms with Crippen LogP contribution in [0.2, 0.25) is 0 Å². The van der Waals surface area contributed by atoms with Crippen LogP contribution in [-0.4, -0.2) is 10.7 Å². The average molecular weight is 181 g/mol. The van der Waals surface area contributed by atoms with Crippen LogP contribution in [0.5, 0.6) is 0 Å². The van der Waals surface area contributed by atoms with Gasteiger partial charge in [-0.2, -0.15) is 5.26 Å². The number of hydrogen-bond donors (Lipinski definition) is 1. The highest BCUT2D eigenvalue weighted by atomic mass is 16.3. The molecular formula is C11H19NO. The molecule has 1 N–H and O–H groups in total. The summed E-state index contributed by atoms with van der Waals surface area (Å²) in [6.07, 6.45) is 5.28. The molecule has 0 radical (unpaired) electrons. The van der Waals surface area contributed by atoms with Crippen molar-refractivity contribution in [3.05, 3.63) is 0 Å². The Morgan fingerprint density at radius 1 is 1.46 bits per heavy atom. The molecule has 13 heavy (non-hydrogen) atoms. The summed E-state index contributed by atoms with van der Waals surface area (Å²) in [5, 5.41) is 19.5. The maximum absolute atomic E-state index is 10.4. The zero-order valence-corrected chi connectivity index (χ0v) is 8.64. The van der Waals surface area contributed by atoms with Gasteiger partial charge in [0.25, 0.3) is 0 Å². The van der Waals surface area contributed by atoms with E-state index >= 15 is 0 Å². The van der Waals surface area contributed by atoms with Crippen molar-refractivity contribution in [2.75, 3.05) is 0 Å². The lowest BCUT2D eigenvalue weighted by Crippen LogP contribution is -2.51. The van der Waals surface area contributed by atoms with Crippen molar-refractivity contribution in [2.45, 2.75) is 58.0 Å². The fraction of sp³-hybridized carbons (Fsp3) is 0.909. The second kappa shape index (κ2) is 3.67. The van der Waals surface area contributed by atoms with Crippen molar-refractivity contribution >= 4 is 0 Å². The van der Waals surface area contributed by atoms with Crippen molar-refractivity contribution < 1.29 is 5.11 Å². The van der Waals surface area contributed by atoms with Crippen LogP contribution in [0.4, 0.5) is 0 Å². The fourth-order valence-electron chi connectivity index (χ4n) is 2.38. The van der Waals surface area contributed by atoms with E-state index in [1.54, 1.807) is 0 Å². The highest BCUT2D eigenvalue weighted by Gasteiger charge is 2.52. The third kappa shape index (κ3) is 1.46. The molecule has 74 valence electrons. The number of hydrogen-bond acceptors (Lipinski definition) is 2. The predicted molar refractivity (Wildman–Crippen MR) is 52.0 cm³/mol. The Morgan fingerprint density at radius 2 is 2.08 bits per heavy atom. The first kappa shape index (κ1) is 10.5. The Bertz CT molecular complexity index is 215. The van der Waals surface area contributed by atoms with Gasteiger partial charge < -0.3 is 5.11 Å². The Hall–Kier alpha value is -0.550. The van der Waals surface area contributed by atoms with E-state index in [0.717, 1.165) is 32.1 Å². The molecule has 1 fully saturated rings. The van der Waals surface area contributed by atoms with Gasteiger partial charge in [-0.1, -0.05) is 26.7 Å². The Balaban J connectivity index is 2.80. The molecule has 1 rings (SSSR count). The van der Waals surface area contributed by atoms with Crippen LogP contribution >= 0.6 is 0 Å². The van der Waals surface area contributed by atoms with Crippen LogP contribution in [0.15, 0.2) is 0 Å². The molecule has 1 unspecified atom stereocenters. The molecule has 2 heteroatoms. The summed E-state index contributed by atoms with van der Waals surface area (Å²) < 4.78 is 0. The highest BCUT2D eigenvalue weighted by Crippen LogP contribution is 2.51. The normalized spacial score (nSPS) is 24.2. The molecule has 1 saturated carbocycles. The second-order valence-corrected chi connectivity index (χ2v) is 4.18. The average Bonchev–Trinajstić information content (AvgIpc) is 2.04.